The second-order valence-corrected chi connectivity index (χ2v) is 6.84. The van der Waals surface area contributed by atoms with E-state index in [9.17, 15) is 14.4 Å². The van der Waals surface area contributed by atoms with Crippen molar-refractivity contribution in [2.45, 2.75) is 19.6 Å². The Morgan fingerprint density at radius 1 is 1.06 bits per heavy atom. The van der Waals surface area contributed by atoms with Gasteiger partial charge in [-0.2, -0.15) is 9.67 Å². The Balaban J connectivity index is 1.48. The van der Waals surface area contributed by atoms with Gasteiger partial charge in [0.1, 0.15) is 18.0 Å². The lowest BCUT2D eigenvalue weighted by Crippen LogP contribution is -2.38. The van der Waals surface area contributed by atoms with Gasteiger partial charge in [0.25, 0.3) is 0 Å². The van der Waals surface area contributed by atoms with E-state index in [1.165, 1.54) is 4.90 Å². The van der Waals surface area contributed by atoms with Gasteiger partial charge in [0, 0.05) is 17.8 Å². The van der Waals surface area contributed by atoms with E-state index in [4.69, 9.17) is 9.47 Å². The molecule has 1 aliphatic heterocycles. The standard InChI is InChI=1S/C21H21N5O5/c1-30-16-9-7-15(8-10-16)24-12-18-23-20(28)25(26(18)21(24)29)13-19(27)22-11-14-5-3-4-6-17(14)31-2/h3-10H,11-13H2,1-2H3,(H,22,27). The molecular weight excluding hydrogens is 402 g/mol. The van der Waals surface area contributed by atoms with Crippen LogP contribution in [0.3, 0.4) is 0 Å². The molecule has 160 valence electrons. The third-order valence-electron chi connectivity index (χ3n) is 4.99. The van der Waals surface area contributed by atoms with E-state index in [0.717, 1.165) is 14.9 Å². The molecule has 2 heterocycles. The lowest BCUT2D eigenvalue weighted by Gasteiger charge is -2.16. The molecule has 0 aliphatic carbocycles. The van der Waals surface area contributed by atoms with Crippen LogP contribution in [-0.4, -0.2) is 40.5 Å². The zero-order valence-corrected chi connectivity index (χ0v) is 17.1. The largest absolute Gasteiger partial charge is 0.497 e. The van der Waals surface area contributed by atoms with Crippen molar-refractivity contribution in [3.05, 3.63) is 70.4 Å². The van der Waals surface area contributed by atoms with Crippen LogP contribution in [0.1, 0.15) is 11.4 Å². The number of hydrogen-bond acceptors (Lipinski definition) is 6. The van der Waals surface area contributed by atoms with Crippen molar-refractivity contribution in [1.82, 2.24) is 19.7 Å². The summed E-state index contributed by atoms with van der Waals surface area (Å²) in [6, 6.07) is 13.8. The van der Waals surface area contributed by atoms with Crippen LogP contribution >= 0.6 is 0 Å². The Morgan fingerprint density at radius 2 is 1.81 bits per heavy atom. The fourth-order valence-electron chi connectivity index (χ4n) is 3.42. The van der Waals surface area contributed by atoms with Crippen LogP contribution in [0.15, 0.2) is 53.3 Å². The van der Waals surface area contributed by atoms with Crippen LogP contribution in [0, 0.1) is 0 Å². The van der Waals surface area contributed by atoms with Gasteiger partial charge in [0.15, 0.2) is 5.82 Å². The van der Waals surface area contributed by atoms with Crippen LogP contribution in [-0.2, 0) is 24.4 Å². The van der Waals surface area contributed by atoms with Gasteiger partial charge in [0.2, 0.25) is 5.91 Å². The van der Waals surface area contributed by atoms with E-state index in [-0.39, 0.29) is 25.5 Å². The first-order chi connectivity index (χ1) is 15.0. The van der Waals surface area contributed by atoms with Crippen LogP contribution in [0.4, 0.5) is 10.5 Å². The number of fused-ring (bicyclic) bond motifs is 1. The highest BCUT2D eigenvalue weighted by Gasteiger charge is 2.33. The molecule has 0 saturated heterocycles. The molecule has 1 aliphatic rings. The summed E-state index contributed by atoms with van der Waals surface area (Å²) < 4.78 is 12.6. The maximum absolute atomic E-state index is 12.9. The van der Waals surface area contributed by atoms with Crippen molar-refractivity contribution in [2.75, 3.05) is 19.1 Å². The monoisotopic (exact) mass is 423 g/mol. The van der Waals surface area contributed by atoms with Crippen molar-refractivity contribution >= 4 is 17.6 Å². The minimum Gasteiger partial charge on any atom is -0.497 e. The van der Waals surface area contributed by atoms with E-state index < -0.39 is 17.6 Å². The van der Waals surface area contributed by atoms with Gasteiger partial charge in [0.05, 0.1) is 20.8 Å². The van der Waals surface area contributed by atoms with E-state index in [2.05, 4.69) is 10.3 Å². The Labute approximate surface area is 177 Å². The highest BCUT2D eigenvalue weighted by atomic mass is 16.5. The van der Waals surface area contributed by atoms with E-state index in [1.54, 1.807) is 44.6 Å². The Morgan fingerprint density at radius 3 is 2.52 bits per heavy atom. The first kappa shape index (κ1) is 20.2. The average Bonchev–Trinajstić information content (AvgIpc) is 3.27. The topological polar surface area (TPSA) is 108 Å². The normalized spacial score (nSPS) is 12.6. The predicted octanol–water partition coefficient (Wildman–Crippen LogP) is 1.37. The fourth-order valence-corrected chi connectivity index (χ4v) is 3.42. The summed E-state index contributed by atoms with van der Waals surface area (Å²) in [4.78, 5) is 43.1. The van der Waals surface area contributed by atoms with Crippen molar-refractivity contribution < 1.29 is 19.1 Å². The molecule has 0 radical (unpaired) electrons. The lowest BCUT2D eigenvalue weighted by atomic mass is 10.2. The summed E-state index contributed by atoms with van der Waals surface area (Å²) in [5.41, 5.74) is 0.784. The lowest BCUT2D eigenvalue weighted by molar-refractivity contribution is -0.122. The van der Waals surface area contributed by atoms with Crippen molar-refractivity contribution in [3.63, 3.8) is 0 Å². The molecule has 0 saturated carbocycles. The first-order valence-electron chi connectivity index (χ1n) is 9.55. The van der Waals surface area contributed by atoms with Crippen LogP contribution in [0.5, 0.6) is 11.5 Å². The zero-order chi connectivity index (χ0) is 22.0. The number of aromatic nitrogens is 3. The van der Waals surface area contributed by atoms with Gasteiger partial charge in [-0.05, 0) is 30.3 Å². The molecule has 3 aromatic rings. The Hall–Kier alpha value is -4.08. The highest BCUT2D eigenvalue weighted by Crippen LogP contribution is 2.25. The summed E-state index contributed by atoms with van der Waals surface area (Å²) >= 11 is 0. The van der Waals surface area contributed by atoms with Crippen molar-refractivity contribution in [2.24, 2.45) is 0 Å². The molecule has 0 unspecified atom stereocenters. The van der Waals surface area contributed by atoms with Gasteiger partial charge >= 0.3 is 11.7 Å². The predicted molar refractivity (Wildman–Crippen MR) is 111 cm³/mol. The summed E-state index contributed by atoms with van der Waals surface area (Å²) in [7, 11) is 3.11. The number of nitrogens with zero attached hydrogens (tertiary/aromatic N) is 4. The number of rotatable bonds is 7. The zero-order valence-electron chi connectivity index (χ0n) is 17.1. The fraction of sp³-hybridized carbons (Fsp3) is 0.238. The molecule has 10 heteroatoms. The number of amides is 2. The number of carbonyl (C=O) groups is 2. The van der Waals surface area contributed by atoms with Gasteiger partial charge in [-0.3, -0.25) is 9.69 Å². The number of methoxy groups -OCH3 is 2. The molecule has 2 amide bonds. The molecule has 0 bridgehead atoms. The van der Waals surface area contributed by atoms with Gasteiger partial charge in [-0.25, -0.2) is 14.3 Å². The van der Waals surface area contributed by atoms with E-state index >= 15 is 0 Å². The van der Waals surface area contributed by atoms with E-state index in [1.807, 2.05) is 18.2 Å². The first-order valence-corrected chi connectivity index (χ1v) is 9.55. The summed E-state index contributed by atoms with van der Waals surface area (Å²) in [5.74, 6) is 1.17. The van der Waals surface area contributed by atoms with Crippen LogP contribution < -0.4 is 25.4 Å². The minimum atomic E-state index is -0.648. The Kier molecular flexibility index (Phi) is 5.44. The third kappa shape index (κ3) is 3.87. The number of carbonyl (C=O) groups excluding carboxylic acids is 2. The number of anilines is 1. The maximum atomic E-state index is 12.9. The molecule has 4 rings (SSSR count). The summed E-state index contributed by atoms with van der Waals surface area (Å²) in [6.45, 7) is 0.0317. The molecule has 31 heavy (non-hydrogen) atoms. The van der Waals surface area contributed by atoms with Gasteiger partial charge in [-0.1, -0.05) is 18.2 Å². The molecule has 0 atom stereocenters. The smallest absolute Gasteiger partial charge is 0.365 e. The molecule has 1 N–H and O–H groups in total. The van der Waals surface area contributed by atoms with Gasteiger partial charge < -0.3 is 14.8 Å². The van der Waals surface area contributed by atoms with Crippen molar-refractivity contribution in [1.29, 1.82) is 0 Å². The molecule has 0 fully saturated rings. The number of hydrogen-bond donors (Lipinski definition) is 1. The highest BCUT2D eigenvalue weighted by molar-refractivity contribution is 5.95. The quantitative estimate of drug-likeness (QED) is 0.615. The van der Waals surface area contributed by atoms with E-state index in [0.29, 0.717) is 17.2 Å². The van der Waals surface area contributed by atoms with Crippen LogP contribution in [0.25, 0.3) is 0 Å². The Bertz CT molecular complexity index is 1180. The van der Waals surface area contributed by atoms with Crippen molar-refractivity contribution in [3.8, 4) is 11.5 Å². The molecular formula is C21H21N5O5. The number of para-hydroxylation sites is 1. The third-order valence-corrected chi connectivity index (χ3v) is 4.99. The second kappa shape index (κ2) is 8.34. The minimum absolute atomic E-state index is 0.135. The summed E-state index contributed by atoms with van der Waals surface area (Å²) in [6.07, 6.45) is 0. The molecule has 10 nitrogen and oxygen atoms in total. The number of ether oxygens (including phenoxy) is 2. The van der Waals surface area contributed by atoms with Gasteiger partial charge in [-0.15, -0.1) is 0 Å². The molecule has 0 spiro atoms. The average molecular weight is 423 g/mol. The maximum Gasteiger partial charge on any atom is 0.365 e. The summed E-state index contributed by atoms with van der Waals surface area (Å²) in [5, 5.41) is 2.74. The molecule has 2 aromatic carbocycles. The molecule has 1 aromatic heterocycles. The number of benzene rings is 2. The number of nitrogens with one attached hydrogen (secondary N) is 1. The SMILES string of the molecule is COc1ccc(N2Cc3nc(=O)n(CC(=O)NCc4ccccc4OC)n3C2=O)cc1. The second-order valence-electron chi connectivity index (χ2n) is 6.84. The van der Waals surface area contributed by atoms with Crippen LogP contribution in [0.2, 0.25) is 0 Å².